The summed E-state index contributed by atoms with van der Waals surface area (Å²) in [5.74, 6) is 0.398. The van der Waals surface area contributed by atoms with Crippen LogP contribution >= 0.6 is 0 Å². The van der Waals surface area contributed by atoms with E-state index in [-0.39, 0.29) is 24.8 Å². The van der Waals surface area contributed by atoms with Gasteiger partial charge in [0.1, 0.15) is 5.75 Å². The summed E-state index contributed by atoms with van der Waals surface area (Å²) in [5, 5.41) is 11.3. The van der Waals surface area contributed by atoms with Crippen LogP contribution < -0.4 is 30.0 Å². The average molecular weight is 520 g/mol. The molecule has 0 bridgehead atoms. The minimum atomic E-state index is -1.50. The van der Waals surface area contributed by atoms with Crippen molar-refractivity contribution in [1.29, 1.82) is 0 Å². The van der Waals surface area contributed by atoms with Crippen LogP contribution in [-0.4, -0.2) is 18.0 Å². The summed E-state index contributed by atoms with van der Waals surface area (Å²) in [5.41, 5.74) is 6.66. The van der Waals surface area contributed by atoms with Gasteiger partial charge in [-0.2, -0.15) is 29.8 Å². The summed E-state index contributed by atoms with van der Waals surface area (Å²) in [6.45, 7) is 13.6. The number of phenolic OH excluding ortho intramolecular Hbond substituents is 1. The van der Waals surface area contributed by atoms with Gasteiger partial charge in [-0.15, -0.1) is 5.56 Å². The largest absolute Gasteiger partial charge is 1.00 e. The Balaban J connectivity index is 0.000000529. The Kier molecular flexibility index (Phi) is 12.4. The molecule has 0 aliphatic heterocycles. The van der Waals surface area contributed by atoms with Crippen molar-refractivity contribution in [3.8, 4) is 16.9 Å². The molecule has 0 heterocycles. The number of hydrogen-bond acceptors (Lipinski definition) is 1. The predicted octanol–water partition coefficient (Wildman–Crippen LogP) is 0.447. The van der Waals surface area contributed by atoms with E-state index in [9.17, 15) is 5.11 Å². The third-order valence-corrected chi connectivity index (χ3v) is 11.8. The number of rotatable bonds is 1. The van der Waals surface area contributed by atoms with Crippen molar-refractivity contribution in [1.82, 2.24) is 0 Å². The number of aryl methyl sites for hydroxylation is 1. The van der Waals surface area contributed by atoms with E-state index in [2.05, 4.69) is 87.2 Å². The Bertz CT molecular complexity index is 949. The van der Waals surface area contributed by atoms with Crippen molar-refractivity contribution in [2.24, 2.45) is 0 Å². The fraction of sp³-hybridized carbons (Fsp3) is 0.296. The number of phenols is 1. The smallest absolute Gasteiger partial charge is 0.0253 e. The second-order valence-electron chi connectivity index (χ2n) is 9.33. The molecule has 0 fully saturated rings. The Morgan fingerprint density at radius 2 is 1.53 bits per heavy atom. The van der Waals surface area contributed by atoms with Gasteiger partial charge in [0.15, 0.2) is 0 Å². The Morgan fingerprint density at radius 3 is 2.12 bits per heavy atom. The molecule has 0 saturated carbocycles. The van der Waals surface area contributed by atoms with E-state index < -0.39 is 8.07 Å². The zero-order valence-corrected chi connectivity index (χ0v) is 24.0. The van der Waals surface area contributed by atoms with E-state index >= 15 is 0 Å². The van der Waals surface area contributed by atoms with E-state index in [0.717, 1.165) is 12.0 Å². The molecule has 1 nitrogen and oxygen atoms in total. The van der Waals surface area contributed by atoms with E-state index in [4.69, 9.17) is 0 Å². The van der Waals surface area contributed by atoms with Gasteiger partial charge >= 0.3 is 24.8 Å². The molecule has 0 saturated heterocycles. The fourth-order valence-corrected chi connectivity index (χ4v) is 5.52. The summed E-state index contributed by atoms with van der Waals surface area (Å²) >= 11 is 1.75. The van der Waals surface area contributed by atoms with Crippen LogP contribution in [0.25, 0.3) is 11.1 Å². The number of halogens is 2. The Labute approximate surface area is 219 Å². The van der Waals surface area contributed by atoms with Crippen LogP contribution in [0.2, 0.25) is 18.1 Å². The van der Waals surface area contributed by atoms with Gasteiger partial charge in [-0.1, -0.05) is 80.5 Å². The quantitative estimate of drug-likeness (QED) is 0.286. The van der Waals surface area contributed by atoms with Crippen molar-refractivity contribution in [2.75, 3.05) is 0 Å². The second-order valence-corrected chi connectivity index (χ2v) is 14.7. The monoisotopic (exact) mass is 519 g/mol. The van der Waals surface area contributed by atoms with Crippen LogP contribution in [0.3, 0.4) is 0 Å². The second kappa shape index (κ2) is 12.9. The average Bonchev–Trinajstić information content (AvgIpc) is 3.07. The maximum Gasteiger partial charge on any atom is -0.0253 e. The molecule has 1 N–H and O–H groups in total. The first-order chi connectivity index (χ1) is 14.1. The molecule has 0 radical (unpaired) electrons. The first-order valence-corrected chi connectivity index (χ1v) is 14.4. The molecule has 0 spiro atoms. The van der Waals surface area contributed by atoms with Crippen LogP contribution in [-0.2, 0) is 26.4 Å². The van der Waals surface area contributed by atoms with Crippen molar-refractivity contribution in [3.63, 3.8) is 0 Å². The molecule has 0 unspecified atom stereocenters. The van der Waals surface area contributed by atoms with Crippen molar-refractivity contribution < 1.29 is 49.9 Å². The van der Waals surface area contributed by atoms with E-state index in [1.165, 1.54) is 27.4 Å². The summed E-state index contributed by atoms with van der Waals surface area (Å²) < 4.78 is 0. The van der Waals surface area contributed by atoms with Gasteiger partial charge < -0.3 is 29.9 Å². The Morgan fingerprint density at radius 1 is 0.938 bits per heavy atom. The number of benzene rings is 3. The molecule has 4 rings (SSSR count). The SMILES string of the molecule is Cc1cc(O)cc([Si](C)(C)C(C)(C)C)c1.[CH2]=[Ti+].[Cl-].[Cl-].[c-]1cccc2c1Cc1ccccc1-2. The van der Waals surface area contributed by atoms with Gasteiger partial charge in [-0.05, 0) is 36.1 Å². The molecule has 0 amide bonds. The van der Waals surface area contributed by atoms with Crippen molar-refractivity contribution in [2.45, 2.75) is 52.2 Å². The Hall–Kier alpha value is -1.16. The molecule has 3 aromatic carbocycles. The first-order valence-electron chi connectivity index (χ1n) is 10.3. The van der Waals surface area contributed by atoms with Gasteiger partial charge in [-0.25, -0.2) is 0 Å². The minimum Gasteiger partial charge on any atom is -1.00 e. The molecular formula is C27H33Cl2OSiTi-2. The predicted molar refractivity (Wildman–Crippen MR) is 130 cm³/mol. The first kappa shape index (κ1) is 30.8. The molecule has 1 aliphatic rings. The maximum absolute atomic E-state index is 9.65. The fourth-order valence-electron chi connectivity index (χ4n) is 3.55. The third-order valence-electron chi connectivity index (χ3n) is 6.28. The van der Waals surface area contributed by atoms with E-state index in [0.29, 0.717) is 10.8 Å². The van der Waals surface area contributed by atoms with E-state index in [1.54, 1.807) is 20.0 Å². The van der Waals surface area contributed by atoms with Crippen molar-refractivity contribution >= 4 is 18.1 Å². The number of hydrogen-bond donors (Lipinski definition) is 1. The van der Waals surface area contributed by atoms with Crippen LogP contribution in [0, 0.1) is 13.0 Å². The van der Waals surface area contributed by atoms with Gasteiger partial charge in [-0.3, -0.25) is 0 Å². The topological polar surface area (TPSA) is 20.2 Å². The van der Waals surface area contributed by atoms with Gasteiger partial charge in [0, 0.05) is 0 Å². The molecule has 1 aliphatic carbocycles. The van der Waals surface area contributed by atoms with Crippen LogP contribution in [0.4, 0.5) is 0 Å². The zero-order valence-electron chi connectivity index (χ0n) is 19.9. The summed E-state index contributed by atoms with van der Waals surface area (Å²) in [7, 11) is -1.50. The standard InChI is InChI=1S/C13H22OSi.C13H9.CH2.2ClH.Ti/c1-10-7-11(14)9-12(8-10)15(5,6)13(2,3)4;1-3-7-12-10(5-1)9-11-6-2-4-8-13(11)12;;;;/h7-9,14H,1-6H3;1-5,7-8H,9H2;1H2;2*1H;/q;-1;;;;+1/p-2. The zero-order chi connectivity index (χ0) is 22.5. The van der Waals surface area contributed by atoms with Gasteiger partial charge in [0.25, 0.3) is 0 Å². The summed E-state index contributed by atoms with van der Waals surface area (Å²) in [6.07, 6.45) is 1.05. The molecule has 171 valence electrons. The van der Waals surface area contributed by atoms with Crippen LogP contribution in [0.1, 0.15) is 37.5 Å². The molecule has 5 heteroatoms. The number of fused-ring (bicyclic) bond motifs is 3. The molecule has 3 aromatic rings. The van der Waals surface area contributed by atoms with Crippen molar-refractivity contribution in [3.05, 3.63) is 83.4 Å². The van der Waals surface area contributed by atoms with Gasteiger partial charge in [0.05, 0.1) is 8.07 Å². The molecule has 0 aromatic heterocycles. The molecule has 32 heavy (non-hydrogen) atoms. The van der Waals surface area contributed by atoms with E-state index in [1.807, 2.05) is 25.1 Å². The minimum absolute atomic E-state index is 0. The van der Waals surface area contributed by atoms with Gasteiger partial charge in [0.2, 0.25) is 0 Å². The summed E-state index contributed by atoms with van der Waals surface area (Å²) in [4.78, 5) is 3.25. The normalized spacial score (nSPS) is 11.2. The number of aromatic hydroxyl groups is 1. The third kappa shape index (κ3) is 7.17. The maximum atomic E-state index is 9.65. The molecular weight excluding hydrogens is 487 g/mol. The summed E-state index contributed by atoms with van der Waals surface area (Å²) in [6, 6.07) is 24.1. The van der Waals surface area contributed by atoms with Crippen LogP contribution in [0.5, 0.6) is 5.75 Å². The molecule has 0 atom stereocenters. The van der Waals surface area contributed by atoms with Crippen LogP contribution in [0.15, 0.2) is 60.7 Å².